The van der Waals surface area contributed by atoms with Crippen molar-refractivity contribution in [1.29, 1.82) is 0 Å². The predicted molar refractivity (Wildman–Crippen MR) is 88.6 cm³/mol. The standard InChI is InChI=1S/C18H16F3N3O2/c1-2-26-17(25)13-9-22-24-15(18(19,20)21)12-8-7-10-5-3-4-6-11(10)14(12)23-16(13)24/h3-6,9,15,23H,2,7-8H2,1H3. The largest absolute Gasteiger partial charge is 0.462 e. The van der Waals surface area contributed by atoms with Crippen molar-refractivity contribution in [1.82, 2.24) is 9.78 Å². The lowest BCUT2D eigenvalue weighted by molar-refractivity contribution is -0.160. The number of ether oxygens (including phenoxy) is 1. The summed E-state index contributed by atoms with van der Waals surface area (Å²) in [5, 5.41) is 6.88. The first-order chi connectivity index (χ1) is 12.4. The molecule has 0 saturated carbocycles. The van der Waals surface area contributed by atoms with Crippen LogP contribution in [-0.2, 0) is 11.2 Å². The molecule has 0 bridgehead atoms. The number of anilines is 1. The number of carbonyl (C=O) groups excluding carboxylic acids is 1. The van der Waals surface area contributed by atoms with E-state index in [0.717, 1.165) is 22.0 Å². The maximum Gasteiger partial charge on any atom is 0.414 e. The molecule has 5 nitrogen and oxygen atoms in total. The topological polar surface area (TPSA) is 56.1 Å². The molecule has 2 aliphatic rings. The third-order valence-electron chi connectivity index (χ3n) is 4.69. The molecule has 26 heavy (non-hydrogen) atoms. The van der Waals surface area contributed by atoms with Gasteiger partial charge in [-0.2, -0.15) is 18.3 Å². The van der Waals surface area contributed by atoms with Crippen LogP contribution in [0.1, 0.15) is 40.9 Å². The van der Waals surface area contributed by atoms with Gasteiger partial charge in [-0.05, 0) is 30.9 Å². The second kappa shape index (κ2) is 5.89. The third-order valence-corrected chi connectivity index (χ3v) is 4.69. The SMILES string of the molecule is CCOC(=O)c1cnn2c1NC1=C(CCc3ccccc31)C2C(F)(F)F. The minimum atomic E-state index is -4.53. The first-order valence-electron chi connectivity index (χ1n) is 8.31. The highest BCUT2D eigenvalue weighted by atomic mass is 19.4. The number of fused-ring (bicyclic) bond motifs is 3. The molecule has 0 fully saturated rings. The Morgan fingerprint density at radius 1 is 1.35 bits per heavy atom. The summed E-state index contributed by atoms with van der Waals surface area (Å²) in [5.74, 6) is -0.684. The molecule has 2 heterocycles. The van der Waals surface area contributed by atoms with Crippen molar-refractivity contribution >= 4 is 17.5 Å². The van der Waals surface area contributed by atoms with E-state index in [1.54, 1.807) is 19.1 Å². The molecule has 0 spiro atoms. The monoisotopic (exact) mass is 363 g/mol. The summed E-state index contributed by atoms with van der Waals surface area (Å²) < 4.78 is 47.5. The van der Waals surface area contributed by atoms with E-state index >= 15 is 0 Å². The van der Waals surface area contributed by atoms with Gasteiger partial charge < -0.3 is 10.1 Å². The summed E-state index contributed by atoms with van der Waals surface area (Å²) in [5.41, 5.74) is 2.35. The molecule has 1 aromatic heterocycles. The number of halogens is 3. The number of aromatic nitrogens is 2. The molecule has 2 aromatic rings. The minimum Gasteiger partial charge on any atom is -0.462 e. The Kier molecular flexibility index (Phi) is 3.78. The molecule has 1 aromatic carbocycles. The van der Waals surface area contributed by atoms with Gasteiger partial charge in [-0.15, -0.1) is 0 Å². The maximum absolute atomic E-state index is 13.9. The van der Waals surface area contributed by atoms with E-state index in [1.165, 1.54) is 0 Å². The van der Waals surface area contributed by atoms with Crippen LogP contribution in [0, 0.1) is 0 Å². The molecule has 8 heteroatoms. The quantitative estimate of drug-likeness (QED) is 0.821. The lowest BCUT2D eigenvalue weighted by atomic mass is 9.84. The van der Waals surface area contributed by atoms with Gasteiger partial charge in [0, 0.05) is 11.3 Å². The number of allylic oxidation sites excluding steroid dienone is 1. The summed E-state index contributed by atoms with van der Waals surface area (Å²) in [4.78, 5) is 12.1. The highest BCUT2D eigenvalue weighted by Gasteiger charge is 2.49. The minimum absolute atomic E-state index is 0.00398. The van der Waals surface area contributed by atoms with Crippen LogP contribution >= 0.6 is 0 Å². The van der Waals surface area contributed by atoms with E-state index in [9.17, 15) is 18.0 Å². The highest BCUT2D eigenvalue weighted by molar-refractivity contribution is 5.98. The van der Waals surface area contributed by atoms with Gasteiger partial charge in [0.15, 0.2) is 6.04 Å². The summed E-state index contributed by atoms with van der Waals surface area (Å²) >= 11 is 0. The number of nitrogens with zero attached hydrogens (tertiary/aromatic N) is 2. The van der Waals surface area contributed by atoms with Crippen LogP contribution in [0.2, 0.25) is 0 Å². The van der Waals surface area contributed by atoms with Crippen molar-refractivity contribution < 1.29 is 22.7 Å². The van der Waals surface area contributed by atoms with Gasteiger partial charge in [-0.3, -0.25) is 0 Å². The molecular formula is C18H16F3N3O2. The molecule has 0 saturated heterocycles. The van der Waals surface area contributed by atoms with E-state index in [1.807, 2.05) is 12.1 Å². The average molecular weight is 363 g/mol. The Morgan fingerprint density at radius 2 is 2.12 bits per heavy atom. The summed E-state index contributed by atoms with van der Waals surface area (Å²) in [7, 11) is 0. The van der Waals surface area contributed by atoms with Gasteiger partial charge in [0.1, 0.15) is 11.4 Å². The predicted octanol–water partition coefficient (Wildman–Crippen LogP) is 3.95. The van der Waals surface area contributed by atoms with Crippen molar-refractivity contribution in [3.05, 3.63) is 52.7 Å². The number of carbonyl (C=O) groups is 1. The van der Waals surface area contributed by atoms with Crippen LogP contribution in [0.4, 0.5) is 19.0 Å². The van der Waals surface area contributed by atoms with Crippen molar-refractivity contribution in [3.8, 4) is 0 Å². The molecule has 1 unspecified atom stereocenters. The van der Waals surface area contributed by atoms with Crippen LogP contribution in [0.3, 0.4) is 0 Å². The molecule has 1 atom stereocenters. The number of nitrogens with one attached hydrogen (secondary N) is 1. The molecule has 4 rings (SSSR count). The van der Waals surface area contributed by atoms with Crippen LogP contribution in [0.15, 0.2) is 36.0 Å². The van der Waals surface area contributed by atoms with Gasteiger partial charge in [0.25, 0.3) is 0 Å². The van der Waals surface area contributed by atoms with Crippen LogP contribution in [-0.4, -0.2) is 28.5 Å². The fourth-order valence-corrected chi connectivity index (χ4v) is 3.61. The number of hydrogen-bond acceptors (Lipinski definition) is 4. The van der Waals surface area contributed by atoms with Gasteiger partial charge in [-0.1, -0.05) is 24.3 Å². The van der Waals surface area contributed by atoms with Crippen molar-refractivity contribution in [2.24, 2.45) is 0 Å². The van der Waals surface area contributed by atoms with Crippen molar-refractivity contribution in [2.75, 3.05) is 11.9 Å². The number of benzene rings is 1. The van der Waals surface area contributed by atoms with Crippen LogP contribution < -0.4 is 5.32 Å². The fraction of sp³-hybridized carbons (Fsp3) is 0.333. The molecule has 1 aliphatic carbocycles. The van der Waals surface area contributed by atoms with E-state index in [2.05, 4.69) is 10.4 Å². The average Bonchev–Trinajstić information content (AvgIpc) is 3.02. The molecule has 136 valence electrons. The molecular weight excluding hydrogens is 347 g/mol. The zero-order valence-corrected chi connectivity index (χ0v) is 13.9. The molecule has 1 aliphatic heterocycles. The van der Waals surface area contributed by atoms with Gasteiger partial charge in [0.05, 0.1) is 12.8 Å². The second-order valence-electron chi connectivity index (χ2n) is 6.20. The van der Waals surface area contributed by atoms with Gasteiger partial charge in [0.2, 0.25) is 0 Å². The van der Waals surface area contributed by atoms with Crippen molar-refractivity contribution in [3.63, 3.8) is 0 Å². The molecule has 1 N–H and O–H groups in total. The van der Waals surface area contributed by atoms with E-state index in [4.69, 9.17) is 4.74 Å². The fourth-order valence-electron chi connectivity index (χ4n) is 3.61. The van der Waals surface area contributed by atoms with Gasteiger partial charge >= 0.3 is 12.1 Å². The number of alkyl halides is 3. The number of rotatable bonds is 2. The molecule has 0 radical (unpaired) electrons. The number of esters is 1. The second-order valence-corrected chi connectivity index (χ2v) is 6.20. The lowest BCUT2D eigenvalue weighted by Gasteiger charge is -2.35. The van der Waals surface area contributed by atoms with Crippen molar-refractivity contribution in [2.45, 2.75) is 32.0 Å². The summed E-state index contributed by atoms with van der Waals surface area (Å²) in [6, 6.07) is 5.45. The maximum atomic E-state index is 13.9. The first-order valence-corrected chi connectivity index (χ1v) is 8.31. The normalized spacial score (nSPS) is 18.5. The Bertz CT molecular complexity index is 915. The van der Waals surface area contributed by atoms with E-state index in [0.29, 0.717) is 12.1 Å². The lowest BCUT2D eigenvalue weighted by Crippen LogP contribution is -2.36. The zero-order chi connectivity index (χ0) is 18.5. The zero-order valence-electron chi connectivity index (χ0n) is 13.9. The molecule has 0 amide bonds. The summed E-state index contributed by atoms with van der Waals surface area (Å²) in [6.07, 6.45) is -2.59. The van der Waals surface area contributed by atoms with E-state index in [-0.39, 0.29) is 30.0 Å². The highest BCUT2D eigenvalue weighted by Crippen LogP contribution is 2.48. The van der Waals surface area contributed by atoms with Crippen LogP contribution in [0.5, 0.6) is 0 Å². The third kappa shape index (κ3) is 2.48. The number of hydrogen-bond donors (Lipinski definition) is 1. The van der Waals surface area contributed by atoms with Gasteiger partial charge in [-0.25, -0.2) is 9.48 Å². The number of aryl methyl sites for hydroxylation is 1. The Hall–Kier alpha value is -2.77. The Morgan fingerprint density at radius 3 is 2.85 bits per heavy atom. The Balaban J connectivity index is 1.89. The summed E-state index contributed by atoms with van der Waals surface area (Å²) in [6.45, 7) is 1.76. The van der Waals surface area contributed by atoms with E-state index < -0.39 is 18.2 Å². The Labute approximate surface area is 147 Å². The first kappa shape index (κ1) is 16.7. The smallest absolute Gasteiger partial charge is 0.414 e. The van der Waals surface area contributed by atoms with Crippen LogP contribution in [0.25, 0.3) is 5.70 Å².